The Labute approximate surface area is 216 Å². The number of rotatable bonds is 14. The topological polar surface area (TPSA) is 237 Å². The number of nitrogens with two attached hydrogens (primary N) is 1. The third-order valence-electron chi connectivity index (χ3n) is 5.15. The van der Waals surface area contributed by atoms with Crippen molar-refractivity contribution in [1.29, 1.82) is 0 Å². The van der Waals surface area contributed by atoms with E-state index in [2.05, 4.69) is 38.5 Å². The number of carboxylic acid groups (broad SMARTS) is 2. The zero-order valence-corrected chi connectivity index (χ0v) is 20.4. The number of aromatic hydroxyl groups is 1. The number of amides is 3. The fourth-order valence-electron chi connectivity index (χ4n) is 3.20. The minimum atomic E-state index is -1.58. The number of thiol groups is 1. The van der Waals surface area contributed by atoms with Crippen molar-refractivity contribution >= 4 is 42.3 Å². The Balaban J connectivity index is 2.03. The highest BCUT2D eigenvalue weighted by atomic mass is 32.1. The molecule has 37 heavy (non-hydrogen) atoms. The predicted octanol–water partition coefficient (Wildman–Crippen LogP) is -1.83. The number of H-pyrrole nitrogens is 1. The summed E-state index contributed by atoms with van der Waals surface area (Å²) < 4.78 is 0. The maximum absolute atomic E-state index is 12.8. The molecule has 0 aliphatic rings. The second-order valence-electron chi connectivity index (χ2n) is 8.06. The largest absolute Gasteiger partial charge is 0.508 e. The Morgan fingerprint density at radius 1 is 0.919 bits per heavy atom. The van der Waals surface area contributed by atoms with Gasteiger partial charge >= 0.3 is 11.9 Å². The van der Waals surface area contributed by atoms with E-state index in [1.165, 1.54) is 24.7 Å². The number of nitrogens with one attached hydrogen (secondary N) is 4. The second-order valence-corrected chi connectivity index (χ2v) is 8.43. The van der Waals surface area contributed by atoms with Crippen molar-refractivity contribution in [3.05, 3.63) is 48.0 Å². The van der Waals surface area contributed by atoms with E-state index >= 15 is 0 Å². The lowest BCUT2D eigenvalue weighted by molar-refractivity contribution is -0.143. The molecule has 200 valence electrons. The van der Waals surface area contributed by atoms with E-state index in [0.29, 0.717) is 11.3 Å². The van der Waals surface area contributed by atoms with E-state index in [-0.39, 0.29) is 24.3 Å². The smallest absolute Gasteiger partial charge is 0.326 e. The first-order chi connectivity index (χ1) is 17.5. The molecule has 1 aromatic heterocycles. The highest BCUT2D eigenvalue weighted by molar-refractivity contribution is 7.80. The quantitative estimate of drug-likeness (QED) is 0.122. The van der Waals surface area contributed by atoms with Gasteiger partial charge in [0.25, 0.3) is 0 Å². The number of aromatic amines is 1. The third kappa shape index (κ3) is 9.46. The first kappa shape index (κ1) is 29.1. The van der Waals surface area contributed by atoms with E-state index in [0.717, 1.165) is 0 Å². The van der Waals surface area contributed by atoms with E-state index < -0.39 is 60.2 Å². The van der Waals surface area contributed by atoms with Crippen LogP contribution < -0.4 is 21.7 Å². The molecular formula is C22H28N6O8S. The monoisotopic (exact) mass is 536 g/mol. The summed E-state index contributed by atoms with van der Waals surface area (Å²) in [5, 5.41) is 34.8. The van der Waals surface area contributed by atoms with Gasteiger partial charge in [-0.2, -0.15) is 12.6 Å². The van der Waals surface area contributed by atoms with Crippen LogP contribution in [0.5, 0.6) is 5.75 Å². The van der Waals surface area contributed by atoms with Gasteiger partial charge in [-0.3, -0.25) is 19.2 Å². The molecular weight excluding hydrogens is 508 g/mol. The number of carboxylic acids is 2. The summed E-state index contributed by atoms with van der Waals surface area (Å²) in [6.07, 6.45) is 1.88. The normalized spacial score (nSPS) is 14.0. The van der Waals surface area contributed by atoms with Gasteiger partial charge < -0.3 is 42.0 Å². The maximum Gasteiger partial charge on any atom is 0.326 e. The number of imidazole rings is 1. The Morgan fingerprint density at radius 2 is 1.51 bits per heavy atom. The summed E-state index contributed by atoms with van der Waals surface area (Å²) in [4.78, 5) is 67.3. The van der Waals surface area contributed by atoms with Gasteiger partial charge in [0, 0.05) is 24.1 Å². The number of hydrogen-bond donors (Lipinski definition) is 9. The fourth-order valence-corrected chi connectivity index (χ4v) is 3.45. The zero-order chi connectivity index (χ0) is 27.5. The molecule has 0 spiro atoms. The summed E-state index contributed by atoms with van der Waals surface area (Å²) in [6, 6.07) is 0.522. The molecule has 14 nitrogen and oxygen atoms in total. The predicted molar refractivity (Wildman–Crippen MR) is 132 cm³/mol. The summed E-state index contributed by atoms with van der Waals surface area (Å²) in [6.45, 7) is 0. The molecule has 0 bridgehead atoms. The van der Waals surface area contributed by atoms with Crippen LogP contribution >= 0.6 is 12.6 Å². The molecule has 4 unspecified atom stereocenters. The lowest BCUT2D eigenvalue weighted by atomic mass is 10.0. The van der Waals surface area contributed by atoms with Gasteiger partial charge in [0.15, 0.2) is 0 Å². The Bertz CT molecular complexity index is 1100. The molecule has 2 rings (SSSR count). The van der Waals surface area contributed by atoms with Crippen molar-refractivity contribution in [2.75, 3.05) is 5.75 Å². The van der Waals surface area contributed by atoms with Crippen molar-refractivity contribution in [2.24, 2.45) is 5.73 Å². The molecule has 9 N–H and O–H groups in total. The first-order valence-electron chi connectivity index (χ1n) is 11.0. The van der Waals surface area contributed by atoms with Crippen LogP contribution in [0, 0.1) is 0 Å². The van der Waals surface area contributed by atoms with Gasteiger partial charge in [-0.1, -0.05) is 12.1 Å². The van der Waals surface area contributed by atoms with Crippen molar-refractivity contribution in [3.8, 4) is 5.75 Å². The molecule has 1 aromatic carbocycles. The number of aromatic nitrogens is 2. The van der Waals surface area contributed by atoms with Crippen molar-refractivity contribution < 1.29 is 39.3 Å². The minimum Gasteiger partial charge on any atom is -0.508 e. The summed E-state index contributed by atoms with van der Waals surface area (Å²) >= 11 is 4.02. The lowest BCUT2D eigenvalue weighted by Crippen LogP contribution is -2.58. The molecule has 4 atom stereocenters. The Kier molecular flexibility index (Phi) is 10.9. The Hall–Kier alpha value is -4.11. The summed E-state index contributed by atoms with van der Waals surface area (Å²) in [5.74, 6) is -5.63. The number of phenolic OH excluding ortho intramolecular Hbond substituents is 1. The van der Waals surface area contributed by atoms with Gasteiger partial charge in [-0.05, 0) is 24.1 Å². The second kappa shape index (κ2) is 13.8. The van der Waals surface area contributed by atoms with Crippen molar-refractivity contribution in [2.45, 2.75) is 43.4 Å². The molecule has 15 heteroatoms. The molecule has 3 amide bonds. The van der Waals surface area contributed by atoms with Crippen LogP contribution in [0.1, 0.15) is 17.7 Å². The van der Waals surface area contributed by atoms with Gasteiger partial charge in [-0.15, -0.1) is 0 Å². The SMILES string of the molecule is NC(Cc1ccc(O)cc1)C(=O)NC(CC(=O)O)C(=O)NC(CS)C(=O)NC(Cc1cnc[nH]1)C(=O)O. The number of aliphatic carboxylic acids is 2. The highest BCUT2D eigenvalue weighted by Gasteiger charge is 2.31. The van der Waals surface area contributed by atoms with Crippen molar-refractivity contribution in [3.63, 3.8) is 0 Å². The van der Waals surface area contributed by atoms with Crippen molar-refractivity contribution in [1.82, 2.24) is 25.9 Å². The average Bonchev–Trinajstić information content (AvgIpc) is 3.35. The van der Waals surface area contributed by atoms with E-state index in [1.54, 1.807) is 12.1 Å². The average molecular weight is 537 g/mol. The van der Waals surface area contributed by atoms with Crippen LogP contribution in [-0.4, -0.2) is 84.9 Å². The maximum atomic E-state index is 12.8. The van der Waals surface area contributed by atoms with Gasteiger partial charge in [-0.25, -0.2) is 9.78 Å². The standard InChI is InChI=1S/C22H28N6O8S/c23-14(5-11-1-3-13(29)4-2-11)19(32)26-15(7-18(30)31)20(33)28-17(9-37)21(34)27-16(22(35)36)6-12-8-24-10-25-12/h1-4,8,10,14-17,29,37H,5-7,9,23H2,(H,24,25)(H,26,32)(H,27,34)(H,28,33)(H,30,31)(H,35,36). The zero-order valence-electron chi connectivity index (χ0n) is 19.5. The number of hydrogen-bond acceptors (Lipinski definition) is 9. The van der Waals surface area contributed by atoms with Crippen LogP contribution in [0.15, 0.2) is 36.8 Å². The number of carbonyl (C=O) groups excluding carboxylic acids is 3. The summed E-state index contributed by atoms with van der Waals surface area (Å²) in [5.41, 5.74) is 6.96. The first-order valence-corrected chi connectivity index (χ1v) is 11.6. The van der Waals surface area contributed by atoms with Crippen LogP contribution in [0.25, 0.3) is 0 Å². The molecule has 0 aliphatic carbocycles. The molecule has 0 aliphatic heterocycles. The van der Waals surface area contributed by atoms with Crippen LogP contribution in [0.4, 0.5) is 0 Å². The molecule has 1 heterocycles. The number of phenols is 1. The molecule has 0 saturated carbocycles. The van der Waals surface area contributed by atoms with E-state index in [1.807, 2.05) is 0 Å². The lowest BCUT2D eigenvalue weighted by Gasteiger charge is -2.23. The molecule has 2 aromatic rings. The molecule has 0 radical (unpaired) electrons. The highest BCUT2D eigenvalue weighted by Crippen LogP contribution is 2.11. The van der Waals surface area contributed by atoms with Gasteiger partial charge in [0.2, 0.25) is 17.7 Å². The molecule has 0 fully saturated rings. The molecule has 0 saturated heterocycles. The van der Waals surface area contributed by atoms with Gasteiger partial charge in [0.05, 0.1) is 18.8 Å². The van der Waals surface area contributed by atoms with Crippen LogP contribution in [0.2, 0.25) is 0 Å². The third-order valence-corrected chi connectivity index (χ3v) is 5.51. The Morgan fingerprint density at radius 3 is 2.05 bits per heavy atom. The minimum absolute atomic E-state index is 0.0266. The fraction of sp³-hybridized carbons (Fsp3) is 0.364. The van der Waals surface area contributed by atoms with Crippen LogP contribution in [-0.2, 0) is 36.8 Å². The van der Waals surface area contributed by atoms with E-state index in [4.69, 9.17) is 5.73 Å². The summed E-state index contributed by atoms with van der Waals surface area (Å²) in [7, 11) is 0. The van der Waals surface area contributed by atoms with E-state index in [9.17, 15) is 39.3 Å². The van der Waals surface area contributed by atoms with Gasteiger partial charge in [0.1, 0.15) is 23.9 Å². The number of nitrogens with zero attached hydrogens (tertiary/aromatic N) is 1. The van der Waals surface area contributed by atoms with Crippen LogP contribution in [0.3, 0.4) is 0 Å². The number of carbonyl (C=O) groups is 5. The number of benzene rings is 1.